The molecule has 0 aliphatic rings. The van der Waals surface area contributed by atoms with Gasteiger partial charge in [0.15, 0.2) is 11.0 Å². The molecule has 4 nitrogen and oxygen atoms in total. The highest BCUT2D eigenvalue weighted by Crippen LogP contribution is 2.31. The lowest BCUT2D eigenvalue weighted by atomic mass is 10.1. The van der Waals surface area contributed by atoms with Gasteiger partial charge in [-0.15, -0.1) is 10.2 Å². The van der Waals surface area contributed by atoms with E-state index in [1.54, 1.807) is 10.6 Å². The van der Waals surface area contributed by atoms with Crippen molar-refractivity contribution in [2.45, 2.75) is 37.5 Å². The minimum atomic E-state index is -4.34. The summed E-state index contributed by atoms with van der Waals surface area (Å²) >= 11 is 1.33. The zero-order chi connectivity index (χ0) is 20.3. The molecule has 28 heavy (non-hydrogen) atoms. The first-order chi connectivity index (χ1) is 13.2. The first-order valence-corrected chi connectivity index (χ1v) is 9.59. The summed E-state index contributed by atoms with van der Waals surface area (Å²) in [5, 5.41) is 8.88. The van der Waals surface area contributed by atoms with Crippen molar-refractivity contribution in [3.8, 4) is 5.75 Å². The summed E-state index contributed by atoms with van der Waals surface area (Å²) in [7, 11) is 1.81. The van der Waals surface area contributed by atoms with Gasteiger partial charge in [-0.3, -0.25) is 0 Å². The second kappa shape index (κ2) is 8.26. The Balaban J connectivity index is 1.63. The van der Waals surface area contributed by atoms with Crippen molar-refractivity contribution < 1.29 is 17.9 Å². The number of hydrogen-bond donors (Lipinski definition) is 0. The Hall–Kier alpha value is -2.48. The Labute approximate surface area is 165 Å². The number of benzene rings is 2. The van der Waals surface area contributed by atoms with Crippen molar-refractivity contribution in [1.82, 2.24) is 14.8 Å². The van der Waals surface area contributed by atoms with Crippen molar-refractivity contribution in [2.75, 3.05) is 0 Å². The van der Waals surface area contributed by atoms with Gasteiger partial charge in [0.2, 0.25) is 0 Å². The summed E-state index contributed by atoms with van der Waals surface area (Å²) in [6.45, 7) is 4.27. The minimum Gasteiger partial charge on any atom is -0.486 e. The third-order valence-electron chi connectivity index (χ3n) is 4.11. The first-order valence-electron chi connectivity index (χ1n) is 8.60. The summed E-state index contributed by atoms with van der Waals surface area (Å²) in [5.74, 6) is 1.78. The molecule has 0 unspecified atom stereocenters. The summed E-state index contributed by atoms with van der Waals surface area (Å²) < 4.78 is 46.1. The van der Waals surface area contributed by atoms with Crippen LogP contribution in [-0.2, 0) is 25.6 Å². The van der Waals surface area contributed by atoms with E-state index >= 15 is 0 Å². The van der Waals surface area contributed by atoms with E-state index in [4.69, 9.17) is 4.74 Å². The average Bonchev–Trinajstić information content (AvgIpc) is 2.97. The smallest absolute Gasteiger partial charge is 0.416 e. The number of thioether (sulfide) groups is 1. The van der Waals surface area contributed by atoms with Crippen LogP contribution in [0.1, 0.15) is 28.1 Å². The Bertz CT molecular complexity index is 949. The average molecular weight is 407 g/mol. The second-order valence-electron chi connectivity index (χ2n) is 6.56. The largest absolute Gasteiger partial charge is 0.486 e. The van der Waals surface area contributed by atoms with E-state index in [2.05, 4.69) is 16.3 Å². The molecule has 2 aromatic carbocycles. The van der Waals surface area contributed by atoms with Crippen molar-refractivity contribution in [3.63, 3.8) is 0 Å². The molecule has 0 aliphatic carbocycles. The Morgan fingerprint density at radius 2 is 1.75 bits per heavy atom. The van der Waals surface area contributed by atoms with Crippen LogP contribution in [0.25, 0.3) is 0 Å². The van der Waals surface area contributed by atoms with Gasteiger partial charge in [0.1, 0.15) is 12.4 Å². The van der Waals surface area contributed by atoms with Crippen molar-refractivity contribution >= 4 is 11.8 Å². The van der Waals surface area contributed by atoms with Gasteiger partial charge in [0.25, 0.3) is 0 Å². The van der Waals surface area contributed by atoms with Crippen LogP contribution >= 0.6 is 11.8 Å². The molecule has 8 heteroatoms. The maximum atomic E-state index is 12.8. The van der Waals surface area contributed by atoms with Crippen molar-refractivity contribution in [3.05, 3.63) is 70.5 Å². The van der Waals surface area contributed by atoms with Gasteiger partial charge in [-0.05, 0) is 48.7 Å². The first kappa shape index (κ1) is 20.3. The molecule has 0 N–H and O–H groups in total. The fourth-order valence-corrected chi connectivity index (χ4v) is 3.62. The zero-order valence-corrected chi connectivity index (χ0v) is 16.6. The molecule has 148 valence electrons. The molecule has 0 radical (unpaired) electrons. The molecule has 0 amide bonds. The summed E-state index contributed by atoms with van der Waals surface area (Å²) in [4.78, 5) is 0. The molecule has 0 bridgehead atoms. The molecule has 0 saturated carbocycles. The summed E-state index contributed by atoms with van der Waals surface area (Å²) in [6.07, 6.45) is -4.34. The Morgan fingerprint density at radius 1 is 1.04 bits per heavy atom. The quantitative estimate of drug-likeness (QED) is 0.519. The number of aryl methyl sites for hydroxylation is 2. The number of aromatic nitrogens is 3. The fourth-order valence-electron chi connectivity index (χ4n) is 2.75. The summed E-state index contributed by atoms with van der Waals surface area (Å²) in [5.41, 5.74) is 2.16. The van der Waals surface area contributed by atoms with Gasteiger partial charge in [-0.25, -0.2) is 0 Å². The lowest BCUT2D eigenvalue weighted by molar-refractivity contribution is -0.137. The van der Waals surface area contributed by atoms with E-state index in [1.165, 1.54) is 17.8 Å². The summed E-state index contributed by atoms with van der Waals surface area (Å²) in [6, 6.07) is 11.3. The monoisotopic (exact) mass is 407 g/mol. The molecule has 1 aromatic heterocycles. The third kappa shape index (κ3) is 5.07. The number of alkyl halides is 3. The standard InChI is InChI=1S/C20H20F3N3OS/c1-13-7-14(2)9-17(8-13)27-11-18-24-25-19(26(18)3)28-12-15-5-4-6-16(10-15)20(21,22)23/h4-10H,11-12H2,1-3H3. The lowest BCUT2D eigenvalue weighted by Crippen LogP contribution is -2.05. The van der Waals surface area contributed by atoms with E-state index in [0.29, 0.717) is 22.3 Å². The molecule has 0 atom stereocenters. The number of ether oxygens (including phenoxy) is 1. The van der Waals surface area contributed by atoms with E-state index < -0.39 is 11.7 Å². The molecule has 3 aromatic rings. The predicted molar refractivity (Wildman–Crippen MR) is 102 cm³/mol. The normalized spacial score (nSPS) is 11.6. The maximum Gasteiger partial charge on any atom is 0.416 e. The minimum absolute atomic E-state index is 0.260. The SMILES string of the molecule is Cc1cc(C)cc(OCc2nnc(SCc3cccc(C(F)(F)F)c3)n2C)c1. The van der Waals surface area contributed by atoms with Crippen LogP contribution in [0.15, 0.2) is 47.6 Å². The van der Waals surface area contributed by atoms with E-state index in [1.807, 2.05) is 33.0 Å². The van der Waals surface area contributed by atoms with Crippen LogP contribution < -0.4 is 4.74 Å². The van der Waals surface area contributed by atoms with Gasteiger partial charge >= 0.3 is 6.18 Å². The topological polar surface area (TPSA) is 39.9 Å². The number of hydrogen-bond acceptors (Lipinski definition) is 4. The van der Waals surface area contributed by atoms with Gasteiger partial charge in [-0.2, -0.15) is 13.2 Å². The number of nitrogens with zero attached hydrogens (tertiary/aromatic N) is 3. The van der Waals surface area contributed by atoms with Crippen molar-refractivity contribution in [1.29, 1.82) is 0 Å². The molecular formula is C20H20F3N3OS. The highest BCUT2D eigenvalue weighted by Gasteiger charge is 2.30. The Morgan fingerprint density at radius 3 is 2.43 bits per heavy atom. The molecule has 3 rings (SSSR count). The van der Waals surface area contributed by atoms with Crippen molar-refractivity contribution in [2.24, 2.45) is 7.05 Å². The molecule has 1 heterocycles. The Kier molecular flexibility index (Phi) is 5.98. The van der Waals surface area contributed by atoms with Gasteiger partial charge < -0.3 is 9.30 Å². The molecule has 0 spiro atoms. The highest BCUT2D eigenvalue weighted by molar-refractivity contribution is 7.98. The van der Waals surface area contributed by atoms with Crippen LogP contribution in [0.4, 0.5) is 13.2 Å². The number of halogens is 3. The van der Waals surface area contributed by atoms with Crippen LogP contribution in [0.2, 0.25) is 0 Å². The number of rotatable bonds is 6. The van der Waals surface area contributed by atoms with Crippen LogP contribution in [0, 0.1) is 13.8 Å². The van der Waals surface area contributed by atoms with Crippen LogP contribution in [0.3, 0.4) is 0 Å². The predicted octanol–water partition coefficient (Wildman–Crippen LogP) is 5.32. The molecular weight excluding hydrogens is 387 g/mol. The maximum absolute atomic E-state index is 12.8. The lowest BCUT2D eigenvalue weighted by Gasteiger charge is -2.09. The highest BCUT2D eigenvalue weighted by atomic mass is 32.2. The van der Waals surface area contributed by atoms with Crippen LogP contribution in [-0.4, -0.2) is 14.8 Å². The van der Waals surface area contributed by atoms with E-state index in [-0.39, 0.29) is 6.61 Å². The molecule has 0 fully saturated rings. The van der Waals surface area contributed by atoms with Gasteiger partial charge in [0.05, 0.1) is 5.56 Å². The zero-order valence-electron chi connectivity index (χ0n) is 15.7. The van der Waals surface area contributed by atoms with Gasteiger partial charge in [0, 0.05) is 12.8 Å². The molecule has 0 saturated heterocycles. The fraction of sp³-hybridized carbons (Fsp3) is 0.300. The second-order valence-corrected chi connectivity index (χ2v) is 7.50. The van der Waals surface area contributed by atoms with E-state index in [0.717, 1.165) is 29.0 Å². The third-order valence-corrected chi connectivity index (χ3v) is 5.20. The molecule has 0 aliphatic heterocycles. The van der Waals surface area contributed by atoms with Gasteiger partial charge in [-0.1, -0.05) is 36.0 Å². The van der Waals surface area contributed by atoms with Crippen LogP contribution in [0.5, 0.6) is 5.75 Å². The van der Waals surface area contributed by atoms with E-state index in [9.17, 15) is 13.2 Å².